The number of likely N-dealkylation sites (tertiary alicyclic amines) is 1. The Labute approximate surface area is 201 Å². The van der Waals surface area contributed by atoms with Crippen LogP contribution in [0.4, 0.5) is 10.3 Å². The SMILES string of the molecule is Fc1cccc(-c2cc(N(CCCN3CCCCCC3)Cc3ccc4ccccc4c3)on2)c1. The highest BCUT2D eigenvalue weighted by Gasteiger charge is 2.16. The Morgan fingerprint density at radius 3 is 2.50 bits per heavy atom. The van der Waals surface area contributed by atoms with E-state index >= 15 is 0 Å². The van der Waals surface area contributed by atoms with Gasteiger partial charge in [-0.3, -0.25) is 0 Å². The standard InChI is InChI=1S/C29H32FN3O/c30-27-12-7-11-26(20-27)28-21-29(34-31-28)33(18-8-17-32-15-5-1-2-6-16-32)22-23-13-14-24-9-3-4-10-25(24)19-23/h3-4,7,9-14,19-21H,1-2,5-6,8,15-18,22H2. The monoisotopic (exact) mass is 457 g/mol. The van der Waals surface area contributed by atoms with Crippen molar-refractivity contribution in [2.75, 3.05) is 31.1 Å². The van der Waals surface area contributed by atoms with Gasteiger partial charge in [-0.1, -0.05) is 66.5 Å². The quantitative estimate of drug-likeness (QED) is 0.288. The van der Waals surface area contributed by atoms with Crippen LogP contribution in [0.15, 0.2) is 77.3 Å². The zero-order valence-corrected chi connectivity index (χ0v) is 19.6. The summed E-state index contributed by atoms with van der Waals surface area (Å²) in [5, 5.41) is 6.74. The Hall–Kier alpha value is -3.18. The number of hydrogen-bond acceptors (Lipinski definition) is 4. The zero-order chi connectivity index (χ0) is 23.2. The molecule has 3 aromatic carbocycles. The topological polar surface area (TPSA) is 32.5 Å². The van der Waals surface area contributed by atoms with E-state index in [4.69, 9.17) is 4.52 Å². The maximum absolute atomic E-state index is 13.7. The van der Waals surface area contributed by atoms with Crippen LogP contribution in [0.1, 0.15) is 37.7 Å². The predicted octanol–water partition coefficient (Wildman–Crippen LogP) is 6.91. The zero-order valence-electron chi connectivity index (χ0n) is 19.6. The third kappa shape index (κ3) is 5.65. The van der Waals surface area contributed by atoms with Crippen LogP contribution >= 0.6 is 0 Å². The van der Waals surface area contributed by atoms with Crippen LogP contribution < -0.4 is 4.90 Å². The second-order valence-corrected chi connectivity index (χ2v) is 9.27. The predicted molar refractivity (Wildman–Crippen MR) is 136 cm³/mol. The van der Waals surface area contributed by atoms with Crippen LogP contribution in [0.2, 0.25) is 0 Å². The molecule has 0 saturated carbocycles. The molecule has 0 atom stereocenters. The fourth-order valence-electron chi connectivity index (χ4n) is 4.87. The lowest BCUT2D eigenvalue weighted by molar-refractivity contribution is 0.281. The highest BCUT2D eigenvalue weighted by molar-refractivity contribution is 5.83. The van der Waals surface area contributed by atoms with Gasteiger partial charge in [-0.2, -0.15) is 0 Å². The first-order chi connectivity index (χ1) is 16.7. The van der Waals surface area contributed by atoms with E-state index in [-0.39, 0.29) is 5.82 Å². The van der Waals surface area contributed by atoms with E-state index in [9.17, 15) is 4.39 Å². The van der Waals surface area contributed by atoms with Crippen LogP contribution in [0, 0.1) is 5.82 Å². The first kappa shape index (κ1) is 22.6. The average Bonchev–Trinajstić information content (AvgIpc) is 3.21. The minimum atomic E-state index is -0.271. The summed E-state index contributed by atoms with van der Waals surface area (Å²) in [7, 11) is 0. The molecule has 176 valence electrons. The molecule has 1 aliphatic rings. The number of fused-ring (bicyclic) bond motifs is 1. The van der Waals surface area contributed by atoms with Gasteiger partial charge in [0.25, 0.3) is 0 Å². The number of benzene rings is 3. The van der Waals surface area contributed by atoms with Gasteiger partial charge in [-0.15, -0.1) is 0 Å². The fourth-order valence-corrected chi connectivity index (χ4v) is 4.87. The third-order valence-corrected chi connectivity index (χ3v) is 6.72. The lowest BCUT2D eigenvalue weighted by Crippen LogP contribution is -2.30. The third-order valence-electron chi connectivity index (χ3n) is 6.72. The van der Waals surface area contributed by atoms with Crippen LogP contribution in [0.5, 0.6) is 0 Å². The van der Waals surface area contributed by atoms with Crippen LogP contribution in [-0.4, -0.2) is 36.2 Å². The molecule has 0 aliphatic carbocycles. The number of aromatic nitrogens is 1. The van der Waals surface area contributed by atoms with Crippen molar-refractivity contribution in [1.82, 2.24) is 10.1 Å². The number of halogens is 1. The Balaban J connectivity index is 1.34. The molecule has 2 heterocycles. The summed E-state index contributed by atoms with van der Waals surface area (Å²) >= 11 is 0. The van der Waals surface area contributed by atoms with Crippen molar-refractivity contribution < 1.29 is 8.91 Å². The summed E-state index contributed by atoms with van der Waals surface area (Å²) in [5.74, 6) is 0.454. The van der Waals surface area contributed by atoms with E-state index in [0.717, 1.165) is 37.5 Å². The Morgan fingerprint density at radius 1 is 0.853 bits per heavy atom. The maximum Gasteiger partial charge on any atom is 0.228 e. The molecule has 1 aromatic heterocycles. The molecule has 0 amide bonds. The molecule has 0 spiro atoms. The largest absolute Gasteiger partial charge is 0.338 e. The average molecular weight is 458 g/mol. The van der Waals surface area contributed by atoms with Crippen molar-refractivity contribution in [2.24, 2.45) is 0 Å². The van der Waals surface area contributed by atoms with Crippen LogP contribution in [0.3, 0.4) is 0 Å². The summed E-state index contributed by atoms with van der Waals surface area (Å²) in [5.41, 5.74) is 2.62. The molecule has 4 aromatic rings. The number of anilines is 1. The summed E-state index contributed by atoms with van der Waals surface area (Å²) in [6.45, 7) is 5.12. The summed E-state index contributed by atoms with van der Waals surface area (Å²) < 4.78 is 19.5. The van der Waals surface area contributed by atoms with E-state index in [1.165, 1.54) is 67.2 Å². The van der Waals surface area contributed by atoms with Crippen LogP contribution in [-0.2, 0) is 6.54 Å². The smallest absolute Gasteiger partial charge is 0.228 e. The van der Waals surface area contributed by atoms with E-state index in [0.29, 0.717) is 5.69 Å². The first-order valence-electron chi connectivity index (χ1n) is 12.4. The second kappa shape index (κ2) is 10.8. The van der Waals surface area contributed by atoms with Crippen molar-refractivity contribution in [3.05, 3.63) is 84.2 Å². The van der Waals surface area contributed by atoms with Gasteiger partial charge in [0.15, 0.2) is 0 Å². The van der Waals surface area contributed by atoms with E-state index in [2.05, 4.69) is 57.4 Å². The lowest BCUT2D eigenvalue weighted by atomic mass is 10.1. The molecule has 4 nitrogen and oxygen atoms in total. The van der Waals surface area contributed by atoms with E-state index < -0.39 is 0 Å². The number of rotatable bonds is 8. The Kier molecular flexibility index (Phi) is 7.20. The molecule has 1 fully saturated rings. The van der Waals surface area contributed by atoms with Gasteiger partial charge >= 0.3 is 0 Å². The highest BCUT2D eigenvalue weighted by atomic mass is 19.1. The molecule has 0 unspecified atom stereocenters. The Bertz CT molecular complexity index is 1210. The van der Waals surface area contributed by atoms with Gasteiger partial charge in [0.2, 0.25) is 5.88 Å². The van der Waals surface area contributed by atoms with Gasteiger partial charge in [-0.05, 0) is 73.4 Å². The Morgan fingerprint density at radius 2 is 1.68 bits per heavy atom. The highest BCUT2D eigenvalue weighted by Crippen LogP contribution is 2.27. The van der Waals surface area contributed by atoms with Crippen molar-refractivity contribution in [3.63, 3.8) is 0 Å². The molecule has 1 aliphatic heterocycles. The van der Waals surface area contributed by atoms with Gasteiger partial charge in [0.1, 0.15) is 11.5 Å². The van der Waals surface area contributed by atoms with Gasteiger partial charge < -0.3 is 14.3 Å². The van der Waals surface area contributed by atoms with Gasteiger partial charge in [-0.25, -0.2) is 4.39 Å². The maximum atomic E-state index is 13.7. The molecular formula is C29H32FN3O. The van der Waals surface area contributed by atoms with Crippen molar-refractivity contribution in [3.8, 4) is 11.3 Å². The fraction of sp³-hybridized carbons (Fsp3) is 0.345. The van der Waals surface area contributed by atoms with E-state index in [1.54, 1.807) is 6.07 Å². The van der Waals surface area contributed by atoms with Gasteiger partial charge in [0.05, 0.1) is 0 Å². The molecule has 1 saturated heterocycles. The van der Waals surface area contributed by atoms with Crippen molar-refractivity contribution in [1.29, 1.82) is 0 Å². The number of nitrogens with zero attached hydrogens (tertiary/aromatic N) is 3. The molecule has 0 radical (unpaired) electrons. The van der Waals surface area contributed by atoms with Crippen molar-refractivity contribution in [2.45, 2.75) is 38.6 Å². The molecule has 5 rings (SSSR count). The molecule has 0 bridgehead atoms. The number of hydrogen-bond donors (Lipinski definition) is 0. The lowest BCUT2D eigenvalue weighted by Gasteiger charge is -2.24. The minimum absolute atomic E-state index is 0.271. The second-order valence-electron chi connectivity index (χ2n) is 9.27. The first-order valence-corrected chi connectivity index (χ1v) is 12.4. The van der Waals surface area contributed by atoms with Crippen LogP contribution in [0.25, 0.3) is 22.0 Å². The molecule has 5 heteroatoms. The normalized spacial score (nSPS) is 14.9. The van der Waals surface area contributed by atoms with Crippen molar-refractivity contribution >= 4 is 16.7 Å². The summed E-state index contributed by atoms with van der Waals surface area (Å²) in [4.78, 5) is 4.86. The summed E-state index contributed by atoms with van der Waals surface area (Å²) in [6.07, 6.45) is 6.38. The molecular weight excluding hydrogens is 425 g/mol. The molecule has 34 heavy (non-hydrogen) atoms. The summed E-state index contributed by atoms with van der Waals surface area (Å²) in [6, 6.07) is 23.5. The van der Waals surface area contributed by atoms with Gasteiger partial charge in [0, 0.05) is 24.7 Å². The van der Waals surface area contributed by atoms with E-state index in [1.807, 2.05) is 12.1 Å². The molecule has 0 N–H and O–H groups in total. The minimum Gasteiger partial charge on any atom is -0.338 e.